The number of thiazole rings is 1. The molecule has 1 saturated heterocycles. The van der Waals surface area contributed by atoms with E-state index in [4.69, 9.17) is 0 Å². The van der Waals surface area contributed by atoms with Gasteiger partial charge in [-0.15, -0.1) is 35.3 Å². The Balaban J connectivity index is 0.00000341. The maximum absolute atomic E-state index is 14.0. The van der Waals surface area contributed by atoms with E-state index in [-0.39, 0.29) is 36.6 Å². The van der Waals surface area contributed by atoms with Crippen LogP contribution in [-0.4, -0.2) is 43.2 Å². The highest BCUT2D eigenvalue weighted by atomic mass is 127. The Morgan fingerprint density at radius 1 is 1.32 bits per heavy atom. The molecule has 1 atom stereocenters. The van der Waals surface area contributed by atoms with Crippen LogP contribution >= 0.6 is 35.3 Å². The van der Waals surface area contributed by atoms with Crippen molar-refractivity contribution in [3.63, 3.8) is 0 Å². The summed E-state index contributed by atoms with van der Waals surface area (Å²) in [5, 5.41) is 7.75. The average Bonchev–Trinajstić information content (AvgIpc) is 3.31. The van der Waals surface area contributed by atoms with Crippen molar-refractivity contribution in [1.82, 2.24) is 15.6 Å². The molecule has 0 saturated carbocycles. The Labute approximate surface area is 198 Å². The van der Waals surface area contributed by atoms with Gasteiger partial charge in [-0.25, -0.2) is 13.8 Å². The van der Waals surface area contributed by atoms with Crippen LogP contribution in [0.5, 0.6) is 0 Å². The van der Waals surface area contributed by atoms with Gasteiger partial charge in [0.05, 0.1) is 10.7 Å². The number of hydrogen-bond donors (Lipinski definition) is 2. The van der Waals surface area contributed by atoms with Crippen LogP contribution in [0.3, 0.4) is 0 Å². The van der Waals surface area contributed by atoms with E-state index in [9.17, 15) is 22.0 Å². The molecule has 0 radical (unpaired) electrons. The molecular weight excluding hydrogens is 552 g/mol. The van der Waals surface area contributed by atoms with Gasteiger partial charge in [-0.3, -0.25) is 4.99 Å². The molecule has 1 aromatic carbocycles. The highest BCUT2D eigenvalue weighted by Gasteiger charge is 2.33. The molecule has 1 aromatic heterocycles. The fraction of sp³-hybridized carbons (Fsp3) is 0.474. The number of nitrogens with zero attached hydrogens (tertiary/aromatic N) is 3. The van der Waals surface area contributed by atoms with E-state index in [0.717, 1.165) is 29.2 Å². The summed E-state index contributed by atoms with van der Waals surface area (Å²) in [6, 6.07) is 3.52. The summed E-state index contributed by atoms with van der Waals surface area (Å²) in [5.41, 5.74) is -0.525. The van der Waals surface area contributed by atoms with E-state index in [1.54, 1.807) is 0 Å². The molecule has 2 aromatic rings. The standard InChI is InChI=1S/C19H22F5N5S.HI/c1-2-25-18(26-7-5-17-28-16(11-30-17)19(22,23)24)27-13-6-8-29(10-13)15-4-3-12(20)9-14(15)21;/h3-4,9,11,13H,2,5-8,10H2,1H3,(H2,25,26,27);1H. The molecule has 5 nitrogen and oxygen atoms in total. The van der Waals surface area contributed by atoms with Gasteiger partial charge in [-0.1, -0.05) is 0 Å². The molecule has 0 bridgehead atoms. The summed E-state index contributed by atoms with van der Waals surface area (Å²) >= 11 is 0.965. The number of hydrogen-bond acceptors (Lipinski definition) is 4. The summed E-state index contributed by atoms with van der Waals surface area (Å²) in [7, 11) is 0. The van der Waals surface area contributed by atoms with E-state index in [1.807, 2.05) is 11.8 Å². The van der Waals surface area contributed by atoms with Crippen LogP contribution in [0, 0.1) is 11.6 Å². The number of nitrogens with one attached hydrogen (secondary N) is 2. The Bertz CT molecular complexity index is 889. The van der Waals surface area contributed by atoms with Crippen LogP contribution in [0.15, 0.2) is 28.6 Å². The van der Waals surface area contributed by atoms with Crippen molar-refractivity contribution in [3.05, 3.63) is 45.9 Å². The number of aromatic nitrogens is 1. The number of guanidine groups is 1. The van der Waals surface area contributed by atoms with E-state index >= 15 is 0 Å². The zero-order valence-electron chi connectivity index (χ0n) is 16.7. The van der Waals surface area contributed by atoms with Crippen molar-refractivity contribution >= 4 is 47.0 Å². The minimum atomic E-state index is -4.44. The molecular formula is C19H23F5IN5S. The summed E-state index contributed by atoms with van der Waals surface area (Å²) < 4.78 is 65.0. The minimum absolute atomic E-state index is 0. The third kappa shape index (κ3) is 7.16. The second kappa shape index (κ2) is 11.2. The Kier molecular flexibility index (Phi) is 9.28. The first-order chi connectivity index (χ1) is 14.3. The van der Waals surface area contributed by atoms with Crippen molar-refractivity contribution in [2.75, 3.05) is 31.1 Å². The second-order valence-electron chi connectivity index (χ2n) is 6.81. The van der Waals surface area contributed by atoms with Crippen molar-refractivity contribution in [2.24, 2.45) is 4.99 Å². The number of aliphatic imine (C=N–C) groups is 1. The molecule has 31 heavy (non-hydrogen) atoms. The summed E-state index contributed by atoms with van der Waals surface area (Å²) in [4.78, 5) is 9.85. The third-order valence-corrected chi connectivity index (χ3v) is 5.47. The average molecular weight is 575 g/mol. The molecule has 0 amide bonds. The monoisotopic (exact) mass is 575 g/mol. The van der Waals surface area contributed by atoms with Gasteiger partial charge in [-0.2, -0.15) is 13.2 Å². The number of anilines is 1. The van der Waals surface area contributed by atoms with Crippen molar-refractivity contribution in [2.45, 2.75) is 32.0 Å². The molecule has 1 aliphatic rings. The maximum Gasteiger partial charge on any atom is 0.434 e. The zero-order chi connectivity index (χ0) is 21.7. The van der Waals surface area contributed by atoms with Crippen LogP contribution in [-0.2, 0) is 12.6 Å². The Morgan fingerprint density at radius 3 is 2.74 bits per heavy atom. The lowest BCUT2D eigenvalue weighted by Gasteiger charge is -2.21. The lowest BCUT2D eigenvalue weighted by atomic mass is 10.2. The molecule has 12 heteroatoms. The zero-order valence-corrected chi connectivity index (χ0v) is 19.8. The lowest BCUT2D eigenvalue weighted by Crippen LogP contribution is -2.44. The molecule has 1 unspecified atom stereocenters. The van der Waals surface area contributed by atoms with Gasteiger partial charge in [-0.05, 0) is 25.5 Å². The Morgan fingerprint density at radius 2 is 2.10 bits per heavy atom. The van der Waals surface area contributed by atoms with E-state index in [1.165, 1.54) is 12.1 Å². The van der Waals surface area contributed by atoms with Crippen molar-refractivity contribution in [3.8, 4) is 0 Å². The molecule has 0 aliphatic carbocycles. The molecule has 1 aliphatic heterocycles. The van der Waals surface area contributed by atoms with Crippen LogP contribution in [0.1, 0.15) is 24.0 Å². The highest BCUT2D eigenvalue weighted by Crippen LogP contribution is 2.30. The van der Waals surface area contributed by atoms with Gasteiger partial charge in [0, 0.05) is 50.1 Å². The third-order valence-electron chi connectivity index (χ3n) is 4.56. The first-order valence-electron chi connectivity index (χ1n) is 9.52. The second-order valence-corrected chi connectivity index (χ2v) is 7.75. The SMILES string of the molecule is CCNC(=NCCc1nc(C(F)(F)F)cs1)NC1CCN(c2ccc(F)cc2F)C1.I. The van der Waals surface area contributed by atoms with Crippen LogP contribution in [0.25, 0.3) is 0 Å². The topological polar surface area (TPSA) is 52.6 Å². The fourth-order valence-electron chi connectivity index (χ4n) is 3.17. The normalized spacial score (nSPS) is 16.9. The summed E-state index contributed by atoms with van der Waals surface area (Å²) in [5.74, 6) is -0.677. The van der Waals surface area contributed by atoms with Crippen LogP contribution in [0.4, 0.5) is 27.6 Å². The van der Waals surface area contributed by atoms with Gasteiger partial charge in [0.15, 0.2) is 11.7 Å². The van der Waals surface area contributed by atoms with Crippen molar-refractivity contribution < 1.29 is 22.0 Å². The number of halogens is 6. The first kappa shape index (κ1) is 25.6. The summed E-state index contributed by atoms with van der Waals surface area (Å²) in [6.07, 6.45) is -3.40. The van der Waals surface area contributed by atoms with Gasteiger partial charge in [0.1, 0.15) is 11.6 Å². The van der Waals surface area contributed by atoms with Gasteiger partial charge < -0.3 is 15.5 Å². The molecule has 172 valence electrons. The van der Waals surface area contributed by atoms with Gasteiger partial charge in [0.2, 0.25) is 0 Å². The summed E-state index contributed by atoms with van der Waals surface area (Å²) in [6.45, 7) is 3.93. The highest BCUT2D eigenvalue weighted by molar-refractivity contribution is 14.0. The quantitative estimate of drug-likeness (QED) is 0.232. The number of benzene rings is 1. The first-order valence-corrected chi connectivity index (χ1v) is 10.4. The number of alkyl halides is 3. The fourth-order valence-corrected chi connectivity index (χ4v) is 3.96. The van der Waals surface area contributed by atoms with E-state index < -0.39 is 23.5 Å². The Hall–Kier alpha value is -1.70. The molecule has 2 N–H and O–H groups in total. The number of rotatable bonds is 6. The predicted octanol–water partition coefficient (Wildman–Crippen LogP) is 4.43. The molecule has 0 spiro atoms. The van der Waals surface area contributed by atoms with E-state index in [2.05, 4.69) is 20.6 Å². The van der Waals surface area contributed by atoms with Crippen molar-refractivity contribution in [1.29, 1.82) is 0 Å². The molecule has 3 rings (SSSR count). The maximum atomic E-state index is 14.0. The largest absolute Gasteiger partial charge is 0.434 e. The van der Waals surface area contributed by atoms with Crippen LogP contribution < -0.4 is 15.5 Å². The van der Waals surface area contributed by atoms with Crippen LogP contribution in [0.2, 0.25) is 0 Å². The lowest BCUT2D eigenvalue weighted by molar-refractivity contribution is -0.140. The predicted molar refractivity (Wildman–Crippen MR) is 122 cm³/mol. The van der Waals surface area contributed by atoms with E-state index in [0.29, 0.717) is 42.7 Å². The molecule has 1 fully saturated rings. The van der Waals surface area contributed by atoms with Gasteiger partial charge in [0.25, 0.3) is 0 Å². The molecule has 2 heterocycles. The smallest absolute Gasteiger partial charge is 0.367 e. The minimum Gasteiger partial charge on any atom is -0.367 e. The van der Waals surface area contributed by atoms with Gasteiger partial charge >= 0.3 is 6.18 Å².